The molecule has 8 heteroatoms. The van der Waals surface area contributed by atoms with Gasteiger partial charge in [-0.3, -0.25) is 0 Å². The van der Waals surface area contributed by atoms with Gasteiger partial charge in [0.25, 0.3) is 0 Å². The van der Waals surface area contributed by atoms with Gasteiger partial charge in [-0.15, -0.1) is 0 Å². The number of benzene rings is 2. The molecule has 0 aliphatic heterocycles. The number of hydrogen-bond acceptors (Lipinski definition) is 8. The molecule has 136 valence electrons. The third kappa shape index (κ3) is 2.82. The lowest BCUT2D eigenvalue weighted by Gasteiger charge is -2.12. The number of hydrogen-bond donors (Lipinski definition) is 4. The van der Waals surface area contributed by atoms with Gasteiger partial charge in [-0.2, -0.15) is 0 Å². The smallest absolute Gasteiger partial charge is 0.339 e. The van der Waals surface area contributed by atoms with E-state index in [1.165, 1.54) is 12.1 Å². The van der Waals surface area contributed by atoms with Gasteiger partial charge in [0.1, 0.15) is 28.8 Å². The van der Waals surface area contributed by atoms with Crippen molar-refractivity contribution in [2.45, 2.75) is 6.42 Å². The topological polar surface area (TPSA) is 141 Å². The van der Waals surface area contributed by atoms with Crippen molar-refractivity contribution in [1.29, 1.82) is 0 Å². The lowest BCUT2D eigenvalue weighted by molar-refractivity contribution is 0.428. The molecule has 0 aliphatic rings. The van der Waals surface area contributed by atoms with Crippen LogP contribution in [0.15, 0.2) is 54.8 Å². The molecule has 27 heavy (non-hydrogen) atoms. The zero-order valence-electron chi connectivity index (χ0n) is 13.6. The zero-order valence-corrected chi connectivity index (χ0v) is 13.6. The third-order valence-corrected chi connectivity index (χ3v) is 4.12. The summed E-state index contributed by atoms with van der Waals surface area (Å²) in [5, 5.41) is 40.4. The van der Waals surface area contributed by atoms with Crippen molar-refractivity contribution in [2.24, 2.45) is 0 Å². The first-order valence-corrected chi connectivity index (χ1v) is 7.79. The molecule has 4 N–H and O–H groups in total. The second kappa shape index (κ2) is 5.80. The van der Waals surface area contributed by atoms with Gasteiger partial charge in [-0.05, 0) is 23.1 Å². The number of rotatable bonds is 2. The Morgan fingerprint density at radius 1 is 0.704 bits per heavy atom. The molecule has 2 aromatic carbocycles. The molecule has 4 rings (SSSR count). The largest absolute Gasteiger partial charge is 0.508 e. The van der Waals surface area contributed by atoms with Gasteiger partial charge in [0, 0.05) is 18.6 Å². The average Bonchev–Trinajstić information content (AvgIpc) is 2.52. The molecular formula is C19H12O8. The van der Waals surface area contributed by atoms with Crippen LogP contribution in [0.5, 0.6) is 23.0 Å². The molecule has 4 aromatic rings. The summed E-state index contributed by atoms with van der Waals surface area (Å²) in [5.41, 5.74) is -1.26. The minimum Gasteiger partial charge on any atom is -0.508 e. The maximum absolute atomic E-state index is 11.7. The summed E-state index contributed by atoms with van der Waals surface area (Å²) in [4.78, 5) is 23.2. The molecule has 0 amide bonds. The van der Waals surface area contributed by atoms with E-state index in [4.69, 9.17) is 8.83 Å². The van der Waals surface area contributed by atoms with Crippen molar-refractivity contribution in [3.63, 3.8) is 0 Å². The molecule has 0 aliphatic carbocycles. The predicted molar refractivity (Wildman–Crippen MR) is 94.4 cm³/mol. The fourth-order valence-electron chi connectivity index (χ4n) is 3.15. The highest BCUT2D eigenvalue weighted by atomic mass is 16.4. The standard InChI is InChI=1S/C19H12O8/c20-10-2-8-1-9(3-12-4-11(21)6-15(24)26-12)18-14(23)7-16(25)27-19(18)17(8)13(22)5-10/h1-2,4-7,20-23H,3H2. The van der Waals surface area contributed by atoms with Crippen molar-refractivity contribution in [1.82, 2.24) is 0 Å². The SMILES string of the molecule is O=c1cc(O)cc(Cc2cc3cc(O)cc(O)c3c3oc(=O)cc(O)c23)o1. The molecular weight excluding hydrogens is 356 g/mol. The Morgan fingerprint density at radius 3 is 2.11 bits per heavy atom. The van der Waals surface area contributed by atoms with Crippen LogP contribution in [0, 0.1) is 0 Å². The first-order chi connectivity index (χ1) is 12.8. The van der Waals surface area contributed by atoms with Crippen molar-refractivity contribution in [2.75, 3.05) is 0 Å². The predicted octanol–water partition coefficient (Wildman–Crippen LogP) is 2.31. The lowest BCUT2D eigenvalue weighted by Crippen LogP contribution is -2.02. The summed E-state index contributed by atoms with van der Waals surface area (Å²) >= 11 is 0. The first kappa shape index (κ1) is 16.5. The Kier molecular flexibility index (Phi) is 3.55. The second-order valence-electron chi connectivity index (χ2n) is 6.03. The molecule has 0 saturated carbocycles. The molecule has 0 fully saturated rings. The van der Waals surface area contributed by atoms with E-state index in [1.54, 1.807) is 6.07 Å². The molecule has 0 unspecified atom stereocenters. The first-order valence-electron chi connectivity index (χ1n) is 7.79. The zero-order chi connectivity index (χ0) is 19.3. The average molecular weight is 368 g/mol. The van der Waals surface area contributed by atoms with Crippen molar-refractivity contribution in [3.05, 3.63) is 68.6 Å². The Morgan fingerprint density at radius 2 is 1.37 bits per heavy atom. The van der Waals surface area contributed by atoms with E-state index in [1.807, 2.05) is 0 Å². The lowest BCUT2D eigenvalue weighted by atomic mass is 9.97. The molecule has 8 nitrogen and oxygen atoms in total. The number of fused-ring (bicyclic) bond motifs is 3. The van der Waals surface area contributed by atoms with Crippen LogP contribution < -0.4 is 11.3 Å². The number of aromatic hydroxyl groups is 4. The maximum atomic E-state index is 11.7. The van der Waals surface area contributed by atoms with Gasteiger partial charge in [0.2, 0.25) is 0 Å². The van der Waals surface area contributed by atoms with Gasteiger partial charge >= 0.3 is 11.3 Å². The van der Waals surface area contributed by atoms with Gasteiger partial charge in [-0.25, -0.2) is 9.59 Å². The molecule has 0 atom stereocenters. The quantitative estimate of drug-likeness (QED) is 0.312. The highest BCUT2D eigenvalue weighted by molar-refractivity contribution is 6.10. The highest BCUT2D eigenvalue weighted by Crippen LogP contribution is 2.40. The molecule has 2 aromatic heterocycles. The van der Waals surface area contributed by atoms with Crippen LogP contribution in [0.25, 0.3) is 21.7 Å². The minimum atomic E-state index is -0.824. The van der Waals surface area contributed by atoms with Crippen molar-refractivity contribution < 1.29 is 29.3 Å². The Labute approximate surface area is 149 Å². The van der Waals surface area contributed by atoms with Crippen LogP contribution in [0.3, 0.4) is 0 Å². The number of phenolic OH excluding ortho intramolecular Hbond substituents is 2. The van der Waals surface area contributed by atoms with Gasteiger partial charge in [0.15, 0.2) is 5.58 Å². The second-order valence-corrected chi connectivity index (χ2v) is 6.03. The van der Waals surface area contributed by atoms with Crippen LogP contribution in [0.1, 0.15) is 11.3 Å². The van der Waals surface area contributed by atoms with E-state index in [9.17, 15) is 30.0 Å². The Bertz CT molecular complexity index is 1330. The molecule has 0 spiro atoms. The van der Waals surface area contributed by atoms with E-state index in [2.05, 4.69) is 0 Å². The van der Waals surface area contributed by atoms with Gasteiger partial charge < -0.3 is 29.3 Å². The minimum absolute atomic E-state index is 0.0339. The van der Waals surface area contributed by atoms with Crippen LogP contribution >= 0.6 is 0 Å². The summed E-state index contributed by atoms with van der Waals surface area (Å²) in [6.45, 7) is 0. The fourth-order valence-corrected chi connectivity index (χ4v) is 3.15. The summed E-state index contributed by atoms with van der Waals surface area (Å²) in [7, 11) is 0. The van der Waals surface area contributed by atoms with E-state index < -0.39 is 11.3 Å². The van der Waals surface area contributed by atoms with E-state index in [0.717, 1.165) is 18.2 Å². The van der Waals surface area contributed by atoms with Gasteiger partial charge in [-0.1, -0.05) is 0 Å². The molecule has 0 bridgehead atoms. The van der Waals surface area contributed by atoms with Crippen LogP contribution in [-0.2, 0) is 6.42 Å². The number of phenols is 2. The summed E-state index contributed by atoms with van der Waals surface area (Å²) in [6.07, 6.45) is -0.0339. The summed E-state index contributed by atoms with van der Waals surface area (Å²) in [6, 6.07) is 7.01. The summed E-state index contributed by atoms with van der Waals surface area (Å²) in [5.74, 6) is -1.10. The fraction of sp³-hybridized carbons (Fsp3) is 0.0526. The summed E-state index contributed by atoms with van der Waals surface area (Å²) < 4.78 is 10.2. The normalized spacial score (nSPS) is 11.3. The monoisotopic (exact) mass is 368 g/mol. The van der Waals surface area contributed by atoms with Gasteiger partial charge in [0.05, 0.1) is 22.9 Å². The van der Waals surface area contributed by atoms with E-state index in [-0.39, 0.29) is 51.5 Å². The Hall–Kier alpha value is -3.94. The maximum Gasteiger partial charge on any atom is 0.339 e. The van der Waals surface area contributed by atoms with E-state index in [0.29, 0.717) is 10.9 Å². The van der Waals surface area contributed by atoms with E-state index >= 15 is 0 Å². The van der Waals surface area contributed by atoms with Crippen molar-refractivity contribution in [3.8, 4) is 23.0 Å². The van der Waals surface area contributed by atoms with Crippen molar-refractivity contribution >= 4 is 21.7 Å². The molecule has 0 saturated heterocycles. The Balaban J connectivity index is 2.09. The molecule has 2 heterocycles. The van der Waals surface area contributed by atoms with Crippen LogP contribution in [-0.4, -0.2) is 20.4 Å². The highest BCUT2D eigenvalue weighted by Gasteiger charge is 2.18. The van der Waals surface area contributed by atoms with Crippen LogP contribution in [0.4, 0.5) is 0 Å². The third-order valence-electron chi connectivity index (χ3n) is 4.12. The van der Waals surface area contributed by atoms with Crippen LogP contribution in [0.2, 0.25) is 0 Å². The molecule has 0 radical (unpaired) electrons.